The number of aromatic nitrogens is 1. The van der Waals surface area contributed by atoms with E-state index in [2.05, 4.69) is 5.32 Å². The molecule has 0 saturated heterocycles. The number of ether oxygens (including phenoxy) is 1. The van der Waals surface area contributed by atoms with Crippen molar-refractivity contribution >= 4 is 16.7 Å². The molecule has 0 radical (unpaired) electrons. The van der Waals surface area contributed by atoms with Crippen LogP contribution in [0.1, 0.15) is 55.9 Å². The third-order valence-corrected chi connectivity index (χ3v) is 4.94. The van der Waals surface area contributed by atoms with Gasteiger partial charge in [0.25, 0.3) is 11.5 Å². The number of nitrogens with one attached hydrogen (secondary N) is 1. The summed E-state index contributed by atoms with van der Waals surface area (Å²) in [6.45, 7) is 2.54. The van der Waals surface area contributed by atoms with Crippen molar-refractivity contribution in [3.8, 4) is 5.75 Å². The molecule has 0 bridgehead atoms. The van der Waals surface area contributed by atoms with Crippen molar-refractivity contribution in [3.63, 3.8) is 0 Å². The van der Waals surface area contributed by atoms with E-state index >= 15 is 0 Å². The van der Waals surface area contributed by atoms with Gasteiger partial charge in [-0.3, -0.25) is 9.59 Å². The Balaban J connectivity index is 2.02. The second kappa shape index (κ2) is 7.72. The number of carbonyl (C=O) groups is 1. The van der Waals surface area contributed by atoms with Crippen molar-refractivity contribution in [2.45, 2.75) is 58.0 Å². The third kappa shape index (κ3) is 3.70. The summed E-state index contributed by atoms with van der Waals surface area (Å²) in [6, 6.07) is 7.39. The zero-order valence-electron chi connectivity index (χ0n) is 15.0. The predicted molar refractivity (Wildman–Crippen MR) is 99.4 cm³/mol. The number of fused-ring (bicyclic) bond motifs is 1. The van der Waals surface area contributed by atoms with E-state index in [-0.39, 0.29) is 17.5 Å². The Morgan fingerprint density at radius 2 is 2.00 bits per heavy atom. The molecule has 3 rings (SSSR count). The number of carbonyl (C=O) groups excluding carboxylic acids is 1. The van der Waals surface area contributed by atoms with Crippen LogP contribution in [0.4, 0.5) is 0 Å². The Labute approximate surface area is 148 Å². The summed E-state index contributed by atoms with van der Waals surface area (Å²) in [5.74, 6) is 0.529. The molecular formula is C20H26N2O3. The Kier molecular flexibility index (Phi) is 5.41. The molecule has 5 heteroatoms. The van der Waals surface area contributed by atoms with Gasteiger partial charge in [0.2, 0.25) is 0 Å². The van der Waals surface area contributed by atoms with Crippen LogP contribution in [0.2, 0.25) is 0 Å². The number of benzene rings is 1. The lowest BCUT2D eigenvalue weighted by Crippen LogP contribution is -2.39. The average Bonchev–Trinajstić information content (AvgIpc) is 2.64. The van der Waals surface area contributed by atoms with Crippen LogP contribution >= 0.6 is 0 Å². The quantitative estimate of drug-likeness (QED) is 0.905. The van der Waals surface area contributed by atoms with Crippen molar-refractivity contribution in [1.29, 1.82) is 0 Å². The lowest BCUT2D eigenvalue weighted by molar-refractivity contribution is 0.0917. The molecule has 2 aromatic rings. The molecule has 1 amide bonds. The van der Waals surface area contributed by atoms with Crippen molar-refractivity contribution in [2.75, 3.05) is 7.11 Å². The molecular weight excluding hydrogens is 316 g/mol. The summed E-state index contributed by atoms with van der Waals surface area (Å²) < 4.78 is 6.86. The maximum Gasteiger partial charge on any atom is 0.268 e. The summed E-state index contributed by atoms with van der Waals surface area (Å²) in [7, 11) is 1.59. The van der Waals surface area contributed by atoms with E-state index in [9.17, 15) is 9.59 Å². The van der Waals surface area contributed by atoms with E-state index in [0.29, 0.717) is 23.4 Å². The molecule has 1 fully saturated rings. The molecule has 0 aliphatic heterocycles. The highest BCUT2D eigenvalue weighted by Gasteiger charge is 2.20. The summed E-state index contributed by atoms with van der Waals surface area (Å²) >= 11 is 0. The Morgan fingerprint density at radius 1 is 1.24 bits per heavy atom. The van der Waals surface area contributed by atoms with Crippen molar-refractivity contribution in [1.82, 2.24) is 9.88 Å². The first kappa shape index (κ1) is 17.5. The molecule has 1 saturated carbocycles. The molecule has 1 aliphatic carbocycles. The summed E-state index contributed by atoms with van der Waals surface area (Å²) in [6.07, 6.45) is 6.38. The van der Waals surface area contributed by atoms with E-state index in [0.717, 1.165) is 37.5 Å². The van der Waals surface area contributed by atoms with Gasteiger partial charge in [0.15, 0.2) is 0 Å². The SMILES string of the molecule is CCCn1c(C(=O)NC2CCCCC2)cc2cc(OC)ccc2c1=O. The van der Waals surface area contributed by atoms with Crippen LogP contribution in [0.15, 0.2) is 29.1 Å². The van der Waals surface area contributed by atoms with Crippen molar-refractivity contribution < 1.29 is 9.53 Å². The van der Waals surface area contributed by atoms with E-state index in [1.54, 1.807) is 23.8 Å². The monoisotopic (exact) mass is 342 g/mol. The maximum absolute atomic E-state index is 12.9. The number of hydrogen-bond donors (Lipinski definition) is 1. The zero-order chi connectivity index (χ0) is 17.8. The molecule has 0 atom stereocenters. The van der Waals surface area contributed by atoms with Gasteiger partial charge in [0.05, 0.1) is 7.11 Å². The standard InChI is InChI=1S/C20H26N2O3/c1-3-11-22-18(19(23)21-15-7-5-4-6-8-15)13-14-12-16(25-2)9-10-17(14)20(22)24/h9-10,12-13,15H,3-8,11H2,1-2H3,(H,21,23). The van der Waals surface area contributed by atoms with Crippen LogP contribution in [0.5, 0.6) is 5.75 Å². The van der Waals surface area contributed by atoms with Crippen LogP contribution in [0, 0.1) is 0 Å². The Morgan fingerprint density at radius 3 is 2.68 bits per heavy atom. The second-order valence-corrected chi connectivity index (χ2v) is 6.75. The largest absolute Gasteiger partial charge is 0.497 e. The number of pyridine rings is 1. The van der Waals surface area contributed by atoms with Gasteiger partial charge in [0.1, 0.15) is 11.4 Å². The highest BCUT2D eigenvalue weighted by atomic mass is 16.5. The topological polar surface area (TPSA) is 60.3 Å². The first-order valence-electron chi connectivity index (χ1n) is 9.16. The van der Waals surface area contributed by atoms with Gasteiger partial charge in [-0.1, -0.05) is 26.2 Å². The first-order valence-corrected chi connectivity index (χ1v) is 9.16. The molecule has 1 aromatic heterocycles. The van der Waals surface area contributed by atoms with Gasteiger partial charge < -0.3 is 14.6 Å². The Hall–Kier alpha value is -2.30. The lowest BCUT2D eigenvalue weighted by atomic mass is 9.95. The van der Waals surface area contributed by atoms with Gasteiger partial charge in [-0.2, -0.15) is 0 Å². The highest BCUT2D eigenvalue weighted by molar-refractivity contribution is 5.97. The zero-order valence-corrected chi connectivity index (χ0v) is 15.0. The van der Waals surface area contributed by atoms with E-state index in [1.165, 1.54) is 6.42 Å². The normalized spacial score (nSPS) is 15.3. The van der Waals surface area contributed by atoms with Gasteiger partial charge in [-0.25, -0.2) is 0 Å². The number of amides is 1. The number of hydrogen-bond acceptors (Lipinski definition) is 3. The molecule has 1 aromatic carbocycles. The molecule has 5 nitrogen and oxygen atoms in total. The van der Waals surface area contributed by atoms with Crippen LogP contribution in [0.3, 0.4) is 0 Å². The van der Waals surface area contributed by atoms with Gasteiger partial charge in [0, 0.05) is 18.0 Å². The molecule has 0 unspecified atom stereocenters. The molecule has 1 aliphatic rings. The summed E-state index contributed by atoms with van der Waals surface area (Å²) in [5, 5.41) is 4.48. The summed E-state index contributed by atoms with van der Waals surface area (Å²) in [5.41, 5.74) is 0.328. The van der Waals surface area contributed by atoms with Crippen LogP contribution in [-0.4, -0.2) is 23.6 Å². The van der Waals surface area contributed by atoms with E-state index < -0.39 is 0 Å². The fraction of sp³-hybridized carbons (Fsp3) is 0.500. The average molecular weight is 342 g/mol. The number of methoxy groups -OCH3 is 1. The van der Waals surface area contributed by atoms with Crippen LogP contribution in [-0.2, 0) is 6.54 Å². The van der Waals surface area contributed by atoms with Gasteiger partial charge >= 0.3 is 0 Å². The summed E-state index contributed by atoms with van der Waals surface area (Å²) in [4.78, 5) is 25.7. The lowest BCUT2D eigenvalue weighted by Gasteiger charge is -2.23. The van der Waals surface area contributed by atoms with Crippen LogP contribution in [0.25, 0.3) is 10.8 Å². The molecule has 25 heavy (non-hydrogen) atoms. The van der Waals surface area contributed by atoms with Gasteiger partial charge in [-0.05, 0) is 48.9 Å². The fourth-order valence-electron chi connectivity index (χ4n) is 3.60. The molecule has 134 valence electrons. The molecule has 0 spiro atoms. The fourth-order valence-corrected chi connectivity index (χ4v) is 3.60. The first-order chi connectivity index (χ1) is 12.1. The number of nitrogens with zero attached hydrogens (tertiary/aromatic N) is 1. The molecule has 1 N–H and O–H groups in total. The minimum atomic E-state index is -0.151. The number of rotatable bonds is 5. The Bertz CT molecular complexity index is 820. The van der Waals surface area contributed by atoms with Crippen LogP contribution < -0.4 is 15.6 Å². The van der Waals surface area contributed by atoms with Gasteiger partial charge in [-0.15, -0.1) is 0 Å². The van der Waals surface area contributed by atoms with E-state index in [1.807, 2.05) is 19.1 Å². The second-order valence-electron chi connectivity index (χ2n) is 6.75. The third-order valence-electron chi connectivity index (χ3n) is 4.94. The minimum Gasteiger partial charge on any atom is -0.497 e. The molecule has 1 heterocycles. The predicted octanol–water partition coefficient (Wildman–Crippen LogP) is 3.48. The maximum atomic E-state index is 12.9. The smallest absolute Gasteiger partial charge is 0.268 e. The highest BCUT2D eigenvalue weighted by Crippen LogP contribution is 2.21. The van der Waals surface area contributed by atoms with Crippen molar-refractivity contribution in [3.05, 3.63) is 40.3 Å². The van der Waals surface area contributed by atoms with E-state index in [4.69, 9.17) is 4.74 Å². The van der Waals surface area contributed by atoms with Crippen molar-refractivity contribution in [2.24, 2.45) is 0 Å². The minimum absolute atomic E-state index is 0.115.